The van der Waals surface area contributed by atoms with E-state index in [4.69, 9.17) is 4.74 Å². The van der Waals surface area contributed by atoms with Crippen LogP contribution in [-0.4, -0.2) is 53.0 Å². The van der Waals surface area contributed by atoms with Gasteiger partial charge in [0.15, 0.2) is 0 Å². The molecule has 0 aromatic carbocycles. The Balaban J connectivity index is 1.89. The van der Waals surface area contributed by atoms with E-state index in [0.29, 0.717) is 12.3 Å². The molecule has 3 aliphatic rings. The van der Waals surface area contributed by atoms with Crippen molar-refractivity contribution in [2.45, 2.75) is 38.5 Å². The predicted octanol–water partition coefficient (Wildman–Crippen LogP) is 0.0824. The van der Waals surface area contributed by atoms with Crippen LogP contribution in [0.1, 0.15) is 26.2 Å². The van der Waals surface area contributed by atoms with Gasteiger partial charge >= 0.3 is 12.0 Å². The number of ether oxygens (including phenoxy) is 1. The van der Waals surface area contributed by atoms with Crippen molar-refractivity contribution in [1.82, 2.24) is 15.2 Å². The fraction of sp³-hybridized carbons (Fsp3) is 0.727. The highest BCUT2D eigenvalue weighted by Crippen LogP contribution is 2.33. The number of nitrogens with zero attached hydrogens (tertiary/aromatic N) is 3. The molecule has 2 amide bonds. The van der Waals surface area contributed by atoms with Crippen LogP contribution in [-0.2, 0) is 9.53 Å². The second kappa shape index (κ2) is 4.15. The topological polar surface area (TPSA) is 74.2 Å². The quantitative estimate of drug-likeness (QED) is 0.671. The van der Waals surface area contributed by atoms with E-state index in [1.54, 1.807) is 4.90 Å². The maximum atomic E-state index is 12.3. The van der Waals surface area contributed by atoms with Crippen LogP contribution in [0.25, 0.3) is 0 Å². The van der Waals surface area contributed by atoms with E-state index in [9.17, 15) is 9.59 Å². The summed E-state index contributed by atoms with van der Waals surface area (Å²) in [5.41, 5.74) is 2.84. The lowest BCUT2D eigenvalue weighted by Crippen LogP contribution is -2.43. The zero-order valence-corrected chi connectivity index (χ0v) is 10.3. The Morgan fingerprint density at radius 2 is 2.39 bits per heavy atom. The Hall–Kier alpha value is -1.79. The van der Waals surface area contributed by atoms with Gasteiger partial charge in [-0.25, -0.2) is 9.69 Å². The number of amides is 2. The lowest BCUT2D eigenvalue weighted by molar-refractivity contribution is -0.151. The summed E-state index contributed by atoms with van der Waals surface area (Å²) in [6.07, 6.45) is 2.01. The van der Waals surface area contributed by atoms with Gasteiger partial charge in [-0.3, -0.25) is 4.79 Å². The molecular formula is C11H16N4O3. The number of fused-ring (bicyclic) bond motifs is 1. The van der Waals surface area contributed by atoms with Crippen LogP contribution in [0.15, 0.2) is 5.10 Å². The van der Waals surface area contributed by atoms with Crippen LogP contribution < -0.4 is 5.43 Å². The van der Waals surface area contributed by atoms with E-state index in [-0.39, 0.29) is 18.0 Å². The molecule has 98 valence electrons. The Morgan fingerprint density at radius 1 is 1.56 bits per heavy atom. The van der Waals surface area contributed by atoms with Crippen molar-refractivity contribution >= 4 is 17.8 Å². The van der Waals surface area contributed by atoms with E-state index >= 15 is 0 Å². The molecule has 18 heavy (non-hydrogen) atoms. The van der Waals surface area contributed by atoms with E-state index in [0.717, 1.165) is 25.9 Å². The largest absolute Gasteiger partial charge is 0.439 e. The molecule has 0 radical (unpaired) electrons. The first-order valence-corrected chi connectivity index (χ1v) is 6.25. The van der Waals surface area contributed by atoms with Crippen molar-refractivity contribution in [3.05, 3.63) is 0 Å². The highest BCUT2D eigenvalue weighted by atomic mass is 16.6. The summed E-state index contributed by atoms with van der Waals surface area (Å²) in [4.78, 5) is 26.9. The number of carbonyl (C=O) groups excluding carboxylic acids is 2. The van der Waals surface area contributed by atoms with Crippen molar-refractivity contribution in [2.24, 2.45) is 5.10 Å². The number of carbonyl (C=O) groups is 2. The Kier molecular flexibility index (Phi) is 2.61. The molecule has 0 spiro atoms. The Bertz CT molecular complexity index is 423. The number of nitrogens with one attached hydrogen (secondary N) is 1. The second-order valence-corrected chi connectivity index (χ2v) is 4.74. The van der Waals surface area contributed by atoms with Gasteiger partial charge in [0.05, 0.1) is 6.04 Å². The van der Waals surface area contributed by atoms with Crippen LogP contribution in [0.3, 0.4) is 0 Å². The smallest absolute Gasteiger partial charge is 0.328 e. The van der Waals surface area contributed by atoms with Crippen LogP contribution in [0.5, 0.6) is 0 Å². The molecule has 0 aromatic heterocycles. The first-order valence-electron chi connectivity index (χ1n) is 6.25. The van der Waals surface area contributed by atoms with Gasteiger partial charge in [0, 0.05) is 26.4 Å². The first kappa shape index (κ1) is 11.3. The molecule has 0 saturated carbocycles. The number of amidine groups is 1. The van der Waals surface area contributed by atoms with E-state index in [2.05, 4.69) is 10.5 Å². The maximum absolute atomic E-state index is 12.3. The Morgan fingerprint density at radius 3 is 3.06 bits per heavy atom. The molecule has 2 unspecified atom stereocenters. The third-order valence-corrected chi connectivity index (χ3v) is 3.57. The molecule has 3 rings (SSSR count). The molecule has 2 fully saturated rings. The lowest BCUT2D eigenvalue weighted by Gasteiger charge is -2.24. The average Bonchev–Trinajstić information content (AvgIpc) is 3.00. The maximum Gasteiger partial charge on any atom is 0.328 e. The summed E-state index contributed by atoms with van der Waals surface area (Å²) in [6.45, 7) is 2.82. The highest BCUT2D eigenvalue weighted by molar-refractivity contribution is 6.00. The van der Waals surface area contributed by atoms with Crippen LogP contribution in [0.2, 0.25) is 0 Å². The van der Waals surface area contributed by atoms with E-state index in [1.807, 2.05) is 0 Å². The number of esters is 1. The molecule has 7 heteroatoms. The van der Waals surface area contributed by atoms with Gasteiger partial charge in [0.25, 0.3) is 0 Å². The summed E-state index contributed by atoms with van der Waals surface area (Å²) < 4.78 is 5.34. The van der Waals surface area contributed by atoms with Crippen LogP contribution in [0, 0.1) is 0 Å². The third-order valence-electron chi connectivity index (χ3n) is 3.57. The average molecular weight is 252 g/mol. The van der Waals surface area contributed by atoms with Gasteiger partial charge in [0.1, 0.15) is 5.84 Å². The molecule has 2 saturated heterocycles. The molecule has 0 aromatic rings. The lowest BCUT2D eigenvalue weighted by atomic mass is 10.2. The predicted molar refractivity (Wildman–Crippen MR) is 62.6 cm³/mol. The van der Waals surface area contributed by atoms with Gasteiger partial charge in [-0.05, 0) is 12.8 Å². The van der Waals surface area contributed by atoms with Crippen molar-refractivity contribution in [2.75, 3.05) is 13.1 Å². The summed E-state index contributed by atoms with van der Waals surface area (Å²) in [7, 11) is 0. The van der Waals surface area contributed by atoms with Crippen molar-refractivity contribution < 1.29 is 14.3 Å². The molecule has 7 nitrogen and oxygen atoms in total. The molecule has 3 aliphatic heterocycles. The number of urea groups is 1. The molecule has 3 heterocycles. The van der Waals surface area contributed by atoms with Gasteiger partial charge < -0.3 is 15.1 Å². The van der Waals surface area contributed by atoms with Crippen LogP contribution >= 0.6 is 0 Å². The fourth-order valence-electron chi connectivity index (χ4n) is 2.85. The molecule has 2 atom stereocenters. The summed E-state index contributed by atoms with van der Waals surface area (Å²) in [5, 5.41) is 4.11. The summed E-state index contributed by atoms with van der Waals surface area (Å²) in [6, 6.07) is -0.115. The van der Waals surface area contributed by atoms with Crippen molar-refractivity contribution in [1.29, 1.82) is 0 Å². The van der Waals surface area contributed by atoms with Gasteiger partial charge in [0.2, 0.25) is 6.23 Å². The standard InChI is InChI=1S/C11H16N4O3/c1-7(16)18-10-8-3-2-6-14(8)11(17)15(10)9-4-5-12-13-9/h8,10,12H,2-6H2,1H3. The molecule has 0 bridgehead atoms. The van der Waals surface area contributed by atoms with E-state index in [1.165, 1.54) is 11.8 Å². The third kappa shape index (κ3) is 1.61. The number of hydrogen-bond donors (Lipinski definition) is 1. The second-order valence-electron chi connectivity index (χ2n) is 4.74. The highest BCUT2D eigenvalue weighted by Gasteiger charge is 2.51. The number of hydrazone groups is 1. The van der Waals surface area contributed by atoms with Gasteiger partial charge in [-0.2, -0.15) is 5.10 Å². The van der Waals surface area contributed by atoms with E-state index < -0.39 is 6.23 Å². The number of rotatable bonds is 1. The zero-order chi connectivity index (χ0) is 12.7. The van der Waals surface area contributed by atoms with Gasteiger partial charge in [-0.15, -0.1) is 0 Å². The molecule has 1 N–H and O–H groups in total. The molecular weight excluding hydrogens is 236 g/mol. The van der Waals surface area contributed by atoms with Crippen molar-refractivity contribution in [3.8, 4) is 0 Å². The minimum absolute atomic E-state index is 0.0234. The fourth-order valence-corrected chi connectivity index (χ4v) is 2.85. The monoisotopic (exact) mass is 252 g/mol. The minimum atomic E-state index is -0.517. The van der Waals surface area contributed by atoms with Crippen molar-refractivity contribution in [3.63, 3.8) is 0 Å². The minimum Gasteiger partial charge on any atom is -0.439 e. The summed E-state index contributed by atoms with van der Waals surface area (Å²) >= 11 is 0. The van der Waals surface area contributed by atoms with Gasteiger partial charge in [-0.1, -0.05) is 0 Å². The molecule has 0 aliphatic carbocycles. The zero-order valence-electron chi connectivity index (χ0n) is 10.3. The Labute approximate surface area is 105 Å². The SMILES string of the molecule is CC(=O)OC1C2CCCN2C(=O)N1C1=NNCC1. The normalized spacial score (nSPS) is 30.3. The first-order chi connectivity index (χ1) is 8.68. The summed E-state index contributed by atoms with van der Waals surface area (Å²) in [5.74, 6) is 0.304. The van der Waals surface area contributed by atoms with Crippen LogP contribution in [0.4, 0.5) is 4.79 Å². The number of hydrogen-bond acceptors (Lipinski definition) is 5.